The van der Waals surface area contributed by atoms with Crippen molar-refractivity contribution in [1.82, 2.24) is 0 Å². The number of benzene rings is 1. The maximum absolute atomic E-state index is 6.35. The lowest BCUT2D eigenvalue weighted by molar-refractivity contribution is 0.139. The molecule has 0 saturated carbocycles. The van der Waals surface area contributed by atoms with Crippen molar-refractivity contribution in [3.05, 3.63) is 28.8 Å². The molecule has 1 aromatic carbocycles. The van der Waals surface area contributed by atoms with Gasteiger partial charge in [-0.1, -0.05) is 33.6 Å². The molecule has 4 heteroatoms. The molecule has 1 heterocycles. The molecule has 0 N–H and O–H groups in total. The van der Waals surface area contributed by atoms with Gasteiger partial charge in [0.1, 0.15) is 0 Å². The third-order valence-corrected chi connectivity index (χ3v) is 4.47. The fraction of sp³-hybridized carbons (Fsp3) is 0.571. The molecule has 1 saturated heterocycles. The Morgan fingerprint density at radius 3 is 2.67 bits per heavy atom. The van der Waals surface area contributed by atoms with Crippen molar-refractivity contribution in [2.75, 3.05) is 31.7 Å². The average molecular weight is 333 g/mol. The second-order valence-electron chi connectivity index (χ2n) is 4.81. The highest BCUT2D eigenvalue weighted by molar-refractivity contribution is 9.08. The summed E-state index contributed by atoms with van der Waals surface area (Å²) in [7, 11) is 1.78. The molecule has 0 bridgehead atoms. The summed E-state index contributed by atoms with van der Waals surface area (Å²) in [6.07, 6.45) is 2.37. The topological polar surface area (TPSA) is 12.5 Å². The molecule has 0 spiro atoms. The van der Waals surface area contributed by atoms with Gasteiger partial charge in [-0.3, -0.25) is 0 Å². The number of alkyl halides is 1. The van der Waals surface area contributed by atoms with Crippen LogP contribution >= 0.6 is 27.5 Å². The zero-order valence-electron chi connectivity index (χ0n) is 10.7. The number of piperidine rings is 1. The number of hydrogen-bond donors (Lipinski definition) is 0. The van der Waals surface area contributed by atoms with Crippen molar-refractivity contribution >= 4 is 33.2 Å². The first kappa shape index (κ1) is 14.2. The summed E-state index contributed by atoms with van der Waals surface area (Å²) in [5.74, 6) is 0.701. The van der Waals surface area contributed by atoms with Gasteiger partial charge in [0.25, 0.3) is 0 Å². The maximum atomic E-state index is 6.35. The van der Waals surface area contributed by atoms with Gasteiger partial charge < -0.3 is 9.64 Å². The Labute approximate surface area is 122 Å². The van der Waals surface area contributed by atoms with Crippen LogP contribution in [0.2, 0.25) is 5.02 Å². The highest BCUT2D eigenvalue weighted by Crippen LogP contribution is 2.31. The maximum Gasteiger partial charge on any atom is 0.0642 e. The lowest BCUT2D eigenvalue weighted by Crippen LogP contribution is -2.35. The van der Waals surface area contributed by atoms with Crippen molar-refractivity contribution in [3.63, 3.8) is 0 Å². The van der Waals surface area contributed by atoms with Gasteiger partial charge >= 0.3 is 0 Å². The fourth-order valence-corrected chi connectivity index (χ4v) is 3.14. The molecule has 1 aliphatic heterocycles. The highest BCUT2D eigenvalue weighted by Gasteiger charge is 2.20. The second kappa shape index (κ2) is 6.78. The number of hydrogen-bond acceptors (Lipinski definition) is 2. The van der Waals surface area contributed by atoms with E-state index in [0.717, 1.165) is 35.7 Å². The Morgan fingerprint density at radius 1 is 1.39 bits per heavy atom. The van der Waals surface area contributed by atoms with Crippen molar-refractivity contribution in [2.45, 2.75) is 18.2 Å². The van der Waals surface area contributed by atoms with Crippen LogP contribution in [0.4, 0.5) is 5.69 Å². The largest absolute Gasteiger partial charge is 0.384 e. The lowest BCUT2D eigenvalue weighted by atomic mass is 9.97. The second-order valence-corrected chi connectivity index (χ2v) is 5.77. The number of halogens is 2. The van der Waals surface area contributed by atoms with Gasteiger partial charge in [-0.2, -0.15) is 0 Å². The Kier molecular flexibility index (Phi) is 5.34. The molecule has 100 valence electrons. The first-order chi connectivity index (χ1) is 8.74. The Hall–Kier alpha value is -0.250. The number of nitrogens with zero attached hydrogens (tertiary/aromatic N) is 1. The molecule has 0 amide bonds. The molecule has 1 aromatic rings. The molecule has 1 fully saturated rings. The van der Waals surface area contributed by atoms with Gasteiger partial charge in [-0.25, -0.2) is 0 Å². The van der Waals surface area contributed by atoms with Crippen LogP contribution in [0.15, 0.2) is 18.2 Å². The molecule has 0 unspecified atom stereocenters. The van der Waals surface area contributed by atoms with Crippen molar-refractivity contribution in [1.29, 1.82) is 0 Å². The van der Waals surface area contributed by atoms with Crippen molar-refractivity contribution < 1.29 is 4.74 Å². The predicted octanol–water partition coefficient (Wildman–Crippen LogP) is 4.10. The molecular weight excluding hydrogens is 314 g/mol. The monoisotopic (exact) mass is 331 g/mol. The minimum Gasteiger partial charge on any atom is -0.384 e. The molecule has 0 aromatic heterocycles. The Balaban J connectivity index is 2.01. The van der Waals surface area contributed by atoms with E-state index in [0.29, 0.717) is 5.92 Å². The van der Waals surface area contributed by atoms with Crippen LogP contribution in [0.5, 0.6) is 0 Å². The van der Waals surface area contributed by atoms with Gasteiger partial charge in [-0.15, -0.1) is 0 Å². The standard InChI is InChI=1S/C14H19BrClNO/c1-18-10-11-4-6-17(7-5-11)14-3-2-12(9-15)8-13(14)16/h2-3,8,11H,4-7,9-10H2,1H3. The summed E-state index contributed by atoms with van der Waals surface area (Å²) in [4.78, 5) is 2.38. The molecule has 2 nitrogen and oxygen atoms in total. The smallest absolute Gasteiger partial charge is 0.0642 e. The molecule has 2 rings (SSSR count). The zero-order valence-corrected chi connectivity index (χ0v) is 13.0. The van der Waals surface area contributed by atoms with E-state index in [1.165, 1.54) is 18.4 Å². The quantitative estimate of drug-likeness (QED) is 0.770. The number of rotatable bonds is 4. The van der Waals surface area contributed by atoms with E-state index < -0.39 is 0 Å². The van der Waals surface area contributed by atoms with Crippen LogP contribution in [0.3, 0.4) is 0 Å². The van der Waals surface area contributed by atoms with E-state index in [1.807, 2.05) is 6.07 Å². The molecule has 0 aliphatic carbocycles. The number of ether oxygens (including phenoxy) is 1. The minimum absolute atomic E-state index is 0.701. The summed E-state index contributed by atoms with van der Waals surface area (Å²) in [5, 5.41) is 1.71. The molecule has 0 radical (unpaired) electrons. The average Bonchev–Trinajstić information content (AvgIpc) is 2.40. The van der Waals surface area contributed by atoms with E-state index in [-0.39, 0.29) is 0 Å². The van der Waals surface area contributed by atoms with Crippen LogP contribution in [-0.2, 0) is 10.1 Å². The SMILES string of the molecule is COCC1CCN(c2ccc(CBr)cc2Cl)CC1. The summed E-state index contributed by atoms with van der Waals surface area (Å²) in [6.45, 7) is 3.02. The van der Waals surface area contributed by atoms with Crippen molar-refractivity contribution in [2.24, 2.45) is 5.92 Å². The third kappa shape index (κ3) is 3.40. The van der Waals surface area contributed by atoms with Gasteiger partial charge in [-0.05, 0) is 36.5 Å². The van der Waals surface area contributed by atoms with E-state index >= 15 is 0 Å². The number of methoxy groups -OCH3 is 1. The molecular formula is C14H19BrClNO. The lowest BCUT2D eigenvalue weighted by Gasteiger charge is -2.34. The third-order valence-electron chi connectivity index (χ3n) is 3.52. The molecule has 18 heavy (non-hydrogen) atoms. The van der Waals surface area contributed by atoms with Crippen LogP contribution in [0, 0.1) is 5.92 Å². The molecule has 1 aliphatic rings. The Morgan fingerprint density at radius 2 is 2.11 bits per heavy atom. The minimum atomic E-state index is 0.701. The summed E-state index contributed by atoms with van der Waals surface area (Å²) in [6, 6.07) is 6.32. The molecule has 0 atom stereocenters. The normalized spacial score (nSPS) is 17.2. The highest BCUT2D eigenvalue weighted by atomic mass is 79.9. The van der Waals surface area contributed by atoms with Crippen LogP contribution < -0.4 is 4.90 Å². The van der Waals surface area contributed by atoms with E-state index in [9.17, 15) is 0 Å². The first-order valence-corrected chi connectivity index (χ1v) is 7.82. The van der Waals surface area contributed by atoms with Gasteiger partial charge in [0.15, 0.2) is 0 Å². The van der Waals surface area contributed by atoms with E-state index in [2.05, 4.69) is 33.0 Å². The van der Waals surface area contributed by atoms with Gasteiger partial charge in [0, 0.05) is 32.1 Å². The fourth-order valence-electron chi connectivity index (χ4n) is 2.47. The van der Waals surface area contributed by atoms with Crippen molar-refractivity contribution in [3.8, 4) is 0 Å². The van der Waals surface area contributed by atoms with Crippen LogP contribution in [0.25, 0.3) is 0 Å². The van der Waals surface area contributed by atoms with E-state index in [4.69, 9.17) is 16.3 Å². The number of anilines is 1. The summed E-state index contributed by atoms with van der Waals surface area (Å²) in [5.41, 5.74) is 2.38. The van der Waals surface area contributed by atoms with Crippen LogP contribution in [-0.4, -0.2) is 26.8 Å². The summed E-state index contributed by atoms with van der Waals surface area (Å²) >= 11 is 9.80. The predicted molar refractivity (Wildman–Crippen MR) is 80.9 cm³/mol. The van der Waals surface area contributed by atoms with Gasteiger partial charge in [0.05, 0.1) is 10.7 Å². The van der Waals surface area contributed by atoms with Crippen LogP contribution in [0.1, 0.15) is 18.4 Å². The summed E-state index contributed by atoms with van der Waals surface area (Å²) < 4.78 is 5.23. The Bertz CT molecular complexity index is 391. The zero-order chi connectivity index (χ0) is 13.0. The van der Waals surface area contributed by atoms with E-state index in [1.54, 1.807) is 7.11 Å². The van der Waals surface area contributed by atoms with Gasteiger partial charge in [0.2, 0.25) is 0 Å². The first-order valence-electron chi connectivity index (χ1n) is 6.33.